The molecule has 0 radical (unpaired) electrons. The first kappa shape index (κ1) is 13.7. The summed E-state index contributed by atoms with van der Waals surface area (Å²) < 4.78 is 5.15. The van der Waals surface area contributed by atoms with Crippen molar-refractivity contribution in [2.24, 2.45) is 0 Å². The lowest BCUT2D eigenvalue weighted by atomic mass is 10.3. The minimum atomic E-state index is -0.243. The third-order valence-electron chi connectivity index (χ3n) is 1.95. The molecule has 1 rings (SSSR count). The lowest BCUT2D eigenvalue weighted by Crippen LogP contribution is -2.14. The van der Waals surface area contributed by atoms with Crippen LogP contribution in [0.15, 0.2) is 15.6 Å². The van der Waals surface area contributed by atoms with Gasteiger partial charge in [-0.1, -0.05) is 0 Å². The molecule has 0 aliphatic carbocycles. The monoisotopic (exact) mass is 303 g/mol. The number of halogens is 1. The first-order valence-corrected chi connectivity index (χ1v) is 6.07. The zero-order chi connectivity index (χ0) is 12.7. The number of aromatic amines is 1. The normalized spacial score (nSPS) is 10.0. The van der Waals surface area contributed by atoms with Gasteiger partial charge in [-0.15, -0.1) is 0 Å². The first-order chi connectivity index (χ1) is 8.15. The highest BCUT2D eigenvalue weighted by Gasteiger charge is 2.05. The Kier molecular flexibility index (Phi) is 5.68. The maximum absolute atomic E-state index is 11.2. The molecule has 0 aliphatic rings. The Morgan fingerprint density at radius 3 is 3.12 bits per heavy atom. The van der Waals surface area contributed by atoms with Crippen LogP contribution >= 0.6 is 15.9 Å². The summed E-state index contributed by atoms with van der Waals surface area (Å²) >= 11 is 3.13. The van der Waals surface area contributed by atoms with E-state index in [1.54, 1.807) is 6.92 Å². The zero-order valence-electron chi connectivity index (χ0n) is 9.46. The predicted octanol–water partition coefficient (Wildman–Crippen LogP) is 1.29. The van der Waals surface area contributed by atoms with Crippen LogP contribution in [0.25, 0.3) is 0 Å². The summed E-state index contributed by atoms with van der Waals surface area (Å²) in [6.07, 6.45) is 2.29. The number of H-pyrrole nitrogens is 1. The summed E-state index contributed by atoms with van der Waals surface area (Å²) in [5.74, 6) is 0.254. The molecular weight excluding hydrogens is 290 g/mol. The molecule has 0 atom stereocenters. The molecule has 94 valence electrons. The summed E-state index contributed by atoms with van der Waals surface area (Å²) in [4.78, 5) is 28.7. The van der Waals surface area contributed by atoms with E-state index in [-0.39, 0.29) is 11.5 Å². The van der Waals surface area contributed by atoms with Crippen LogP contribution in [0.1, 0.15) is 19.8 Å². The van der Waals surface area contributed by atoms with Gasteiger partial charge in [0.1, 0.15) is 10.3 Å². The molecule has 0 saturated carbocycles. The van der Waals surface area contributed by atoms with E-state index in [1.165, 1.54) is 6.33 Å². The molecule has 1 aromatic heterocycles. The number of hydrogen-bond acceptors (Lipinski definition) is 5. The topological polar surface area (TPSA) is 84.1 Å². The molecule has 0 bridgehead atoms. The Hall–Kier alpha value is -1.37. The van der Waals surface area contributed by atoms with E-state index < -0.39 is 0 Å². The number of nitrogens with one attached hydrogen (secondary N) is 2. The highest BCUT2D eigenvalue weighted by Crippen LogP contribution is 2.12. The maximum atomic E-state index is 11.2. The SMILES string of the molecule is CCOC(=O)CCCNc1nc[nH]c(=O)c1Br. The summed E-state index contributed by atoms with van der Waals surface area (Å²) in [5.41, 5.74) is -0.243. The van der Waals surface area contributed by atoms with Gasteiger partial charge in [-0.2, -0.15) is 0 Å². The highest BCUT2D eigenvalue weighted by atomic mass is 79.9. The number of esters is 1. The third-order valence-corrected chi connectivity index (χ3v) is 2.69. The molecule has 2 N–H and O–H groups in total. The lowest BCUT2D eigenvalue weighted by molar-refractivity contribution is -0.143. The van der Waals surface area contributed by atoms with E-state index >= 15 is 0 Å². The third kappa shape index (κ3) is 4.56. The van der Waals surface area contributed by atoms with Gasteiger partial charge < -0.3 is 15.0 Å². The fourth-order valence-electron chi connectivity index (χ4n) is 1.18. The van der Waals surface area contributed by atoms with Gasteiger partial charge in [0.15, 0.2) is 0 Å². The Labute approximate surface area is 107 Å². The molecule has 0 spiro atoms. The van der Waals surface area contributed by atoms with E-state index in [0.717, 1.165) is 0 Å². The number of carbonyl (C=O) groups is 1. The average Bonchev–Trinajstić information content (AvgIpc) is 2.30. The molecule has 0 aromatic carbocycles. The fourth-order valence-corrected chi connectivity index (χ4v) is 1.54. The van der Waals surface area contributed by atoms with Crippen LogP contribution in [0.3, 0.4) is 0 Å². The number of carbonyl (C=O) groups excluding carboxylic acids is 1. The molecule has 0 unspecified atom stereocenters. The van der Waals surface area contributed by atoms with Gasteiger partial charge in [-0.3, -0.25) is 9.59 Å². The predicted molar refractivity (Wildman–Crippen MR) is 66.9 cm³/mol. The van der Waals surface area contributed by atoms with Crippen LogP contribution < -0.4 is 10.9 Å². The van der Waals surface area contributed by atoms with Crippen LogP contribution in [0.5, 0.6) is 0 Å². The Morgan fingerprint density at radius 2 is 2.41 bits per heavy atom. The molecule has 1 aromatic rings. The summed E-state index contributed by atoms with van der Waals surface area (Å²) in [6.45, 7) is 2.72. The Balaban J connectivity index is 2.34. The van der Waals surface area contributed by atoms with Crippen LogP contribution in [-0.2, 0) is 9.53 Å². The Morgan fingerprint density at radius 1 is 1.65 bits per heavy atom. The van der Waals surface area contributed by atoms with Crippen LogP contribution in [0.2, 0.25) is 0 Å². The quantitative estimate of drug-likeness (QED) is 0.611. The van der Waals surface area contributed by atoms with Gasteiger partial charge in [0.2, 0.25) is 0 Å². The van der Waals surface area contributed by atoms with E-state index in [2.05, 4.69) is 31.2 Å². The van der Waals surface area contributed by atoms with Gasteiger partial charge >= 0.3 is 5.97 Å². The molecule has 0 aliphatic heterocycles. The van der Waals surface area contributed by atoms with Gasteiger partial charge in [0.25, 0.3) is 5.56 Å². The van der Waals surface area contributed by atoms with Crippen LogP contribution in [0, 0.1) is 0 Å². The van der Waals surface area contributed by atoms with Crippen molar-refractivity contribution in [2.75, 3.05) is 18.5 Å². The summed E-state index contributed by atoms with van der Waals surface area (Å²) in [6, 6.07) is 0. The number of anilines is 1. The summed E-state index contributed by atoms with van der Waals surface area (Å²) in [7, 11) is 0. The number of rotatable bonds is 6. The second kappa shape index (κ2) is 7.05. The lowest BCUT2D eigenvalue weighted by Gasteiger charge is -2.06. The molecule has 0 fully saturated rings. The highest BCUT2D eigenvalue weighted by molar-refractivity contribution is 9.10. The van der Waals surface area contributed by atoms with E-state index in [4.69, 9.17) is 4.74 Å². The largest absolute Gasteiger partial charge is 0.466 e. The molecule has 7 heteroatoms. The standard InChI is InChI=1S/C10H14BrN3O3/c1-2-17-7(15)4-3-5-12-9-8(11)10(16)14-6-13-9/h6H,2-5H2,1H3,(H2,12,13,14,16). The maximum Gasteiger partial charge on any atom is 0.305 e. The van der Waals surface area contributed by atoms with Crippen molar-refractivity contribution in [1.82, 2.24) is 9.97 Å². The molecule has 17 heavy (non-hydrogen) atoms. The number of aromatic nitrogens is 2. The van der Waals surface area contributed by atoms with Crippen molar-refractivity contribution in [1.29, 1.82) is 0 Å². The second-order valence-electron chi connectivity index (χ2n) is 3.23. The van der Waals surface area contributed by atoms with Gasteiger partial charge in [0, 0.05) is 13.0 Å². The van der Waals surface area contributed by atoms with Crippen molar-refractivity contribution in [2.45, 2.75) is 19.8 Å². The van der Waals surface area contributed by atoms with E-state index in [0.29, 0.717) is 36.3 Å². The Bertz CT molecular complexity index is 433. The number of hydrogen-bond donors (Lipinski definition) is 2. The number of ether oxygens (including phenoxy) is 1. The van der Waals surface area contributed by atoms with Gasteiger partial charge in [-0.25, -0.2) is 4.98 Å². The molecule has 0 saturated heterocycles. The second-order valence-corrected chi connectivity index (χ2v) is 4.02. The molecule has 6 nitrogen and oxygen atoms in total. The smallest absolute Gasteiger partial charge is 0.305 e. The molecular formula is C10H14BrN3O3. The van der Waals surface area contributed by atoms with Crippen LogP contribution in [0.4, 0.5) is 5.82 Å². The molecule has 1 heterocycles. The van der Waals surface area contributed by atoms with Crippen molar-refractivity contribution < 1.29 is 9.53 Å². The van der Waals surface area contributed by atoms with Crippen LogP contribution in [-0.4, -0.2) is 29.1 Å². The minimum Gasteiger partial charge on any atom is -0.466 e. The van der Waals surface area contributed by atoms with E-state index in [9.17, 15) is 9.59 Å². The van der Waals surface area contributed by atoms with Crippen molar-refractivity contribution in [3.63, 3.8) is 0 Å². The molecule has 0 amide bonds. The van der Waals surface area contributed by atoms with E-state index in [1.807, 2.05) is 0 Å². The fraction of sp³-hybridized carbons (Fsp3) is 0.500. The summed E-state index contributed by atoms with van der Waals surface area (Å²) in [5, 5.41) is 2.97. The zero-order valence-corrected chi connectivity index (χ0v) is 11.0. The minimum absolute atomic E-state index is 0.216. The first-order valence-electron chi connectivity index (χ1n) is 5.27. The average molecular weight is 304 g/mol. The number of nitrogens with zero attached hydrogens (tertiary/aromatic N) is 1. The van der Waals surface area contributed by atoms with Crippen molar-refractivity contribution in [3.8, 4) is 0 Å². The van der Waals surface area contributed by atoms with Crippen molar-refractivity contribution in [3.05, 3.63) is 21.2 Å². The van der Waals surface area contributed by atoms with Crippen molar-refractivity contribution >= 4 is 27.7 Å². The van der Waals surface area contributed by atoms with Gasteiger partial charge in [-0.05, 0) is 29.3 Å². The van der Waals surface area contributed by atoms with Gasteiger partial charge in [0.05, 0.1) is 12.9 Å².